The summed E-state index contributed by atoms with van der Waals surface area (Å²) >= 11 is 0. The van der Waals surface area contributed by atoms with Crippen LogP contribution in [0.15, 0.2) is 60.9 Å². The summed E-state index contributed by atoms with van der Waals surface area (Å²) in [5.41, 5.74) is 3.65. The molecule has 0 bridgehead atoms. The van der Waals surface area contributed by atoms with Gasteiger partial charge in [0.2, 0.25) is 5.95 Å². The van der Waals surface area contributed by atoms with Gasteiger partial charge >= 0.3 is 12.1 Å². The summed E-state index contributed by atoms with van der Waals surface area (Å²) in [5, 5.41) is 15.0. The summed E-state index contributed by atoms with van der Waals surface area (Å²) in [5.74, 6) is -0.513. The first kappa shape index (κ1) is 25.7. The van der Waals surface area contributed by atoms with Crippen molar-refractivity contribution < 1.29 is 32.5 Å². The van der Waals surface area contributed by atoms with Gasteiger partial charge in [-0.3, -0.25) is 0 Å². The molecule has 0 unspecified atom stereocenters. The minimum Gasteiger partial charge on any atom is -0.496 e. The third-order valence-electron chi connectivity index (χ3n) is 5.36. The number of hydrogen-bond acceptors (Lipinski definition) is 8. The first-order valence-corrected chi connectivity index (χ1v) is 11.1. The molecule has 1 saturated heterocycles. The van der Waals surface area contributed by atoms with Crippen LogP contribution >= 0.6 is 0 Å². The second kappa shape index (κ2) is 11.1. The number of hydrogen-bond donors (Lipinski definition) is 2. The van der Waals surface area contributed by atoms with Gasteiger partial charge in [0.1, 0.15) is 11.6 Å². The molecule has 0 spiro atoms. The molecule has 1 aliphatic rings. The fourth-order valence-corrected chi connectivity index (χ4v) is 3.59. The van der Waals surface area contributed by atoms with Crippen molar-refractivity contribution in [1.82, 2.24) is 19.6 Å². The van der Waals surface area contributed by atoms with E-state index in [1.54, 1.807) is 19.5 Å². The van der Waals surface area contributed by atoms with Gasteiger partial charge in [-0.25, -0.2) is 19.3 Å². The molecule has 2 N–H and O–H groups in total. The van der Waals surface area contributed by atoms with Crippen molar-refractivity contribution in [2.75, 3.05) is 43.6 Å². The van der Waals surface area contributed by atoms with Gasteiger partial charge in [-0.05, 0) is 36.4 Å². The number of morpholine rings is 1. The van der Waals surface area contributed by atoms with E-state index in [1.807, 2.05) is 53.0 Å². The molecule has 10 nitrogen and oxygen atoms in total. The SMILES string of the molecule is COc1ccccc1-c1ccc2cnc(Nc3ccc(N4CCOCC4)nc3)nn12.O=C(O)C(F)(F)F. The average molecular weight is 516 g/mol. The molecule has 4 aromatic rings. The van der Waals surface area contributed by atoms with E-state index >= 15 is 0 Å². The molecular formula is C24H23F3N6O4. The predicted molar refractivity (Wildman–Crippen MR) is 129 cm³/mol. The zero-order valence-corrected chi connectivity index (χ0v) is 19.6. The van der Waals surface area contributed by atoms with Gasteiger partial charge in [-0.15, -0.1) is 5.10 Å². The Bertz CT molecular complexity index is 1350. The number of benzene rings is 1. The third-order valence-corrected chi connectivity index (χ3v) is 5.36. The minimum atomic E-state index is -5.08. The Hall–Kier alpha value is -4.39. The minimum absolute atomic E-state index is 0.496. The number of fused-ring (bicyclic) bond motifs is 1. The van der Waals surface area contributed by atoms with E-state index in [9.17, 15) is 13.2 Å². The molecule has 37 heavy (non-hydrogen) atoms. The van der Waals surface area contributed by atoms with Gasteiger partial charge in [0, 0.05) is 18.7 Å². The van der Waals surface area contributed by atoms with Crippen molar-refractivity contribution in [2.24, 2.45) is 0 Å². The maximum Gasteiger partial charge on any atom is 0.490 e. The Morgan fingerprint density at radius 3 is 2.43 bits per heavy atom. The summed E-state index contributed by atoms with van der Waals surface area (Å²) in [6.07, 6.45) is -1.49. The van der Waals surface area contributed by atoms with Crippen LogP contribution in [-0.4, -0.2) is 70.2 Å². The number of alkyl halides is 3. The molecule has 0 aliphatic carbocycles. The van der Waals surface area contributed by atoms with Gasteiger partial charge in [-0.2, -0.15) is 13.2 Å². The van der Waals surface area contributed by atoms with Crippen molar-refractivity contribution in [2.45, 2.75) is 6.18 Å². The van der Waals surface area contributed by atoms with Crippen LogP contribution in [0, 0.1) is 0 Å². The molecule has 1 aliphatic heterocycles. The van der Waals surface area contributed by atoms with Crippen molar-refractivity contribution >= 4 is 28.9 Å². The zero-order valence-electron chi connectivity index (χ0n) is 19.6. The first-order valence-electron chi connectivity index (χ1n) is 11.1. The number of halogens is 3. The highest BCUT2D eigenvalue weighted by molar-refractivity contribution is 5.73. The molecule has 0 saturated carbocycles. The van der Waals surface area contributed by atoms with E-state index in [-0.39, 0.29) is 0 Å². The molecular weight excluding hydrogens is 493 g/mol. The molecule has 1 aromatic carbocycles. The Balaban J connectivity index is 0.000000405. The number of carboxylic acids is 1. The fraction of sp³-hybridized carbons (Fsp3) is 0.250. The third kappa shape index (κ3) is 6.25. The van der Waals surface area contributed by atoms with E-state index in [0.717, 1.165) is 60.3 Å². The number of carboxylic acid groups (broad SMARTS) is 1. The number of nitrogens with zero attached hydrogens (tertiary/aromatic N) is 5. The Kier molecular flexibility index (Phi) is 7.72. The van der Waals surface area contributed by atoms with Crippen LogP contribution in [0.4, 0.5) is 30.6 Å². The van der Waals surface area contributed by atoms with Crippen molar-refractivity contribution in [3.05, 3.63) is 60.9 Å². The number of rotatable bonds is 5. The van der Waals surface area contributed by atoms with E-state index in [0.29, 0.717) is 5.95 Å². The number of methoxy groups -OCH3 is 1. The van der Waals surface area contributed by atoms with Gasteiger partial charge in [0.05, 0.1) is 49.6 Å². The number of carbonyl (C=O) groups is 1. The highest BCUT2D eigenvalue weighted by Gasteiger charge is 2.38. The van der Waals surface area contributed by atoms with Crippen LogP contribution in [0.5, 0.6) is 5.75 Å². The fourth-order valence-electron chi connectivity index (χ4n) is 3.59. The number of para-hydroxylation sites is 1. The van der Waals surface area contributed by atoms with Crippen LogP contribution in [-0.2, 0) is 9.53 Å². The summed E-state index contributed by atoms with van der Waals surface area (Å²) in [7, 11) is 1.67. The summed E-state index contributed by atoms with van der Waals surface area (Å²) in [6, 6.07) is 15.9. The number of pyridine rings is 1. The molecule has 0 atom stereocenters. The van der Waals surface area contributed by atoms with Crippen LogP contribution in [0.1, 0.15) is 0 Å². The van der Waals surface area contributed by atoms with E-state index in [1.165, 1.54) is 0 Å². The summed E-state index contributed by atoms with van der Waals surface area (Å²) in [4.78, 5) is 20.1. The molecule has 194 valence electrons. The summed E-state index contributed by atoms with van der Waals surface area (Å²) in [6.45, 7) is 3.19. The zero-order chi connectivity index (χ0) is 26.4. The van der Waals surface area contributed by atoms with E-state index < -0.39 is 12.1 Å². The monoisotopic (exact) mass is 516 g/mol. The predicted octanol–water partition coefficient (Wildman–Crippen LogP) is 4.01. The van der Waals surface area contributed by atoms with Crippen LogP contribution in [0.3, 0.4) is 0 Å². The van der Waals surface area contributed by atoms with E-state index in [2.05, 4.69) is 25.3 Å². The van der Waals surface area contributed by atoms with Gasteiger partial charge in [0.15, 0.2) is 0 Å². The Morgan fingerprint density at radius 1 is 1.05 bits per heavy atom. The maximum atomic E-state index is 10.6. The number of ether oxygens (including phenoxy) is 2. The molecule has 1 fully saturated rings. The summed E-state index contributed by atoms with van der Waals surface area (Å²) < 4.78 is 44.5. The Labute approximate surface area is 209 Å². The number of aromatic nitrogens is 4. The van der Waals surface area contributed by atoms with Crippen LogP contribution < -0.4 is 15.0 Å². The quantitative estimate of drug-likeness (QED) is 0.406. The largest absolute Gasteiger partial charge is 0.496 e. The van der Waals surface area contributed by atoms with Crippen LogP contribution in [0.25, 0.3) is 16.8 Å². The normalized spacial score (nSPS) is 13.6. The lowest BCUT2D eigenvalue weighted by molar-refractivity contribution is -0.192. The highest BCUT2D eigenvalue weighted by atomic mass is 19.4. The van der Waals surface area contributed by atoms with E-state index in [4.69, 9.17) is 19.4 Å². The lowest BCUT2D eigenvalue weighted by Crippen LogP contribution is -2.36. The first-order chi connectivity index (χ1) is 17.8. The van der Waals surface area contributed by atoms with Gasteiger partial charge in [0.25, 0.3) is 0 Å². The molecule has 5 rings (SSSR count). The van der Waals surface area contributed by atoms with Crippen LogP contribution in [0.2, 0.25) is 0 Å². The standard InChI is InChI=1S/C22H22N6O2.C2HF3O2/c1-29-20-5-3-2-4-18(20)19-8-7-17-15-24-22(26-28(17)19)25-16-6-9-21(23-14-16)27-10-12-30-13-11-27;3-2(4,5)1(6)7/h2-9,14-15H,10-13H2,1H3,(H,25,26);(H,6,7). The molecule has 3 aromatic heterocycles. The second-order valence-electron chi connectivity index (χ2n) is 7.77. The van der Waals surface area contributed by atoms with Gasteiger partial charge in [-0.1, -0.05) is 12.1 Å². The lowest BCUT2D eigenvalue weighted by Gasteiger charge is -2.27. The number of nitrogens with one attached hydrogen (secondary N) is 1. The van der Waals surface area contributed by atoms with Gasteiger partial charge < -0.3 is 24.8 Å². The van der Waals surface area contributed by atoms with Crippen molar-refractivity contribution in [3.63, 3.8) is 0 Å². The molecule has 0 amide bonds. The molecule has 0 radical (unpaired) electrons. The number of anilines is 3. The average Bonchev–Trinajstić information content (AvgIpc) is 3.32. The smallest absolute Gasteiger partial charge is 0.490 e. The second-order valence-corrected chi connectivity index (χ2v) is 7.77. The molecule has 4 heterocycles. The highest BCUT2D eigenvalue weighted by Crippen LogP contribution is 2.30. The van der Waals surface area contributed by atoms with Crippen molar-refractivity contribution in [3.8, 4) is 17.0 Å². The molecule has 13 heteroatoms. The maximum absolute atomic E-state index is 10.6. The van der Waals surface area contributed by atoms with Crippen molar-refractivity contribution in [1.29, 1.82) is 0 Å². The Morgan fingerprint density at radius 2 is 1.78 bits per heavy atom. The number of aliphatic carboxylic acids is 1. The lowest BCUT2D eigenvalue weighted by atomic mass is 10.1. The topological polar surface area (TPSA) is 114 Å².